The lowest BCUT2D eigenvalue weighted by Gasteiger charge is -2.02. The van der Waals surface area contributed by atoms with E-state index in [1.165, 1.54) is 17.8 Å². The zero-order chi connectivity index (χ0) is 20.9. The summed E-state index contributed by atoms with van der Waals surface area (Å²) in [6.07, 6.45) is 8.44. The molecule has 0 atom stereocenters. The van der Waals surface area contributed by atoms with Crippen LogP contribution in [0.15, 0.2) is 67.4 Å². The molecule has 4 heteroatoms. The lowest BCUT2D eigenvalue weighted by atomic mass is 10.1. The van der Waals surface area contributed by atoms with E-state index in [0.717, 1.165) is 11.3 Å². The van der Waals surface area contributed by atoms with Crippen LogP contribution in [0, 0.1) is 5.82 Å². The minimum absolute atomic E-state index is 0.258. The average molecular weight is 382 g/mol. The highest BCUT2D eigenvalue weighted by atomic mass is 19.1. The van der Waals surface area contributed by atoms with Crippen molar-refractivity contribution in [1.82, 2.24) is 15.0 Å². The summed E-state index contributed by atoms with van der Waals surface area (Å²) in [7, 11) is 0. The van der Waals surface area contributed by atoms with E-state index in [9.17, 15) is 4.39 Å². The molecule has 0 bridgehead atoms. The molecule has 3 aromatic heterocycles. The molecule has 0 aliphatic carbocycles. The predicted molar refractivity (Wildman–Crippen MR) is 115 cm³/mol. The third kappa shape index (κ3) is 9.36. The van der Waals surface area contributed by atoms with Crippen LogP contribution in [0.2, 0.25) is 0 Å². The first kappa shape index (κ1) is 23.4. The molecule has 0 unspecified atom stereocenters. The van der Waals surface area contributed by atoms with Crippen LogP contribution in [-0.4, -0.2) is 15.0 Å². The van der Waals surface area contributed by atoms with Gasteiger partial charge in [0, 0.05) is 30.5 Å². The van der Waals surface area contributed by atoms with Crippen molar-refractivity contribution < 1.29 is 4.39 Å². The van der Waals surface area contributed by atoms with Gasteiger partial charge in [-0.1, -0.05) is 53.7 Å². The van der Waals surface area contributed by atoms with Crippen molar-refractivity contribution >= 4 is 0 Å². The fourth-order valence-corrected chi connectivity index (χ4v) is 2.18. The van der Waals surface area contributed by atoms with E-state index in [1.54, 1.807) is 12.4 Å². The summed E-state index contributed by atoms with van der Waals surface area (Å²) in [6, 6.07) is 11.6. The molecule has 0 saturated carbocycles. The van der Waals surface area contributed by atoms with Gasteiger partial charge in [-0.05, 0) is 53.1 Å². The van der Waals surface area contributed by atoms with Crippen LogP contribution >= 0.6 is 0 Å². The second kappa shape index (κ2) is 12.7. The van der Waals surface area contributed by atoms with Crippen molar-refractivity contribution in [1.29, 1.82) is 0 Å². The first-order valence-corrected chi connectivity index (χ1v) is 9.72. The zero-order valence-corrected chi connectivity index (χ0v) is 17.8. The Labute approximate surface area is 169 Å². The second-order valence-electron chi connectivity index (χ2n) is 7.44. The number of aromatic nitrogens is 3. The molecule has 3 aromatic rings. The van der Waals surface area contributed by atoms with Gasteiger partial charge in [0.2, 0.25) is 0 Å². The first-order chi connectivity index (χ1) is 13.3. The Balaban J connectivity index is 0.000000210. The highest BCUT2D eigenvalue weighted by molar-refractivity contribution is 5.14. The molecule has 0 aliphatic heterocycles. The van der Waals surface area contributed by atoms with Crippen LogP contribution in [0.3, 0.4) is 0 Å². The maximum atomic E-state index is 12.5. The Morgan fingerprint density at radius 2 is 1.36 bits per heavy atom. The van der Waals surface area contributed by atoms with E-state index in [1.807, 2.05) is 50.5 Å². The Bertz CT molecular complexity index is 729. The third-order valence-electron chi connectivity index (χ3n) is 4.02. The quantitative estimate of drug-likeness (QED) is 0.503. The van der Waals surface area contributed by atoms with Crippen LogP contribution < -0.4 is 0 Å². The minimum atomic E-state index is -0.258. The summed E-state index contributed by atoms with van der Waals surface area (Å²) in [5, 5.41) is 0. The van der Waals surface area contributed by atoms with E-state index in [4.69, 9.17) is 0 Å². The van der Waals surface area contributed by atoms with Crippen molar-refractivity contribution in [3.63, 3.8) is 0 Å². The molecule has 0 fully saturated rings. The maximum absolute atomic E-state index is 12.5. The van der Waals surface area contributed by atoms with Gasteiger partial charge in [-0.25, -0.2) is 4.39 Å². The molecule has 0 amide bonds. The lowest BCUT2D eigenvalue weighted by Crippen LogP contribution is -1.89. The number of rotatable bonds is 3. The molecule has 0 aromatic carbocycles. The van der Waals surface area contributed by atoms with Gasteiger partial charge in [-0.15, -0.1) is 0 Å². The maximum Gasteiger partial charge on any atom is 0.141 e. The van der Waals surface area contributed by atoms with Crippen LogP contribution in [0.25, 0.3) is 0 Å². The molecule has 0 aliphatic rings. The van der Waals surface area contributed by atoms with Gasteiger partial charge in [0.1, 0.15) is 5.82 Å². The molecule has 150 valence electrons. The van der Waals surface area contributed by atoms with Gasteiger partial charge in [-0.2, -0.15) is 0 Å². The van der Waals surface area contributed by atoms with E-state index in [0.29, 0.717) is 17.8 Å². The normalized spacial score (nSPS) is 10.2. The molecule has 0 radical (unpaired) electrons. The zero-order valence-electron chi connectivity index (χ0n) is 17.8. The molecule has 3 rings (SSSR count). The van der Waals surface area contributed by atoms with E-state index in [-0.39, 0.29) is 5.82 Å². The average Bonchev–Trinajstić information content (AvgIpc) is 2.70. The molecular formula is C24H32FN3. The number of hydrogen-bond acceptors (Lipinski definition) is 3. The van der Waals surface area contributed by atoms with Crippen molar-refractivity contribution in [2.75, 3.05) is 0 Å². The summed E-state index contributed by atoms with van der Waals surface area (Å²) in [6.45, 7) is 12.6. The fourth-order valence-electron chi connectivity index (χ4n) is 2.18. The Kier molecular flexibility index (Phi) is 10.6. The molecular weight excluding hydrogens is 349 g/mol. The third-order valence-corrected chi connectivity index (χ3v) is 4.02. The second-order valence-corrected chi connectivity index (χ2v) is 7.44. The number of hydrogen-bond donors (Lipinski definition) is 0. The SMILES string of the molecule is CC(C)c1ccccn1.CC(C)c1cccnc1.CC(C)c1cncc(F)c1. The van der Waals surface area contributed by atoms with E-state index in [2.05, 4.69) is 48.7 Å². The fraction of sp³-hybridized carbons (Fsp3) is 0.375. The van der Waals surface area contributed by atoms with E-state index < -0.39 is 0 Å². The minimum Gasteiger partial charge on any atom is -0.264 e. The highest BCUT2D eigenvalue weighted by Gasteiger charge is 1.99. The largest absolute Gasteiger partial charge is 0.264 e. The molecule has 0 spiro atoms. The van der Waals surface area contributed by atoms with Crippen LogP contribution in [-0.2, 0) is 0 Å². The smallest absolute Gasteiger partial charge is 0.141 e. The summed E-state index contributed by atoms with van der Waals surface area (Å²) in [5.74, 6) is 1.24. The van der Waals surface area contributed by atoms with Gasteiger partial charge in [0.15, 0.2) is 0 Å². The van der Waals surface area contributed by atoms with Gasteiger partial charge < -0.3 is 0 Å². The molecule has 0 N–H and O–H groups in total. The molecule has 3 nitrogen and oxygen atoms in total. The molecule has 0 saturated heterocycles. The Morgan fingerprint density at radius 3 is 1.71 bits per heavy atom. The van der Waals surface area contributed by atoms with E-state index >= 15 is 0 Å². The van der Waals surface area contributed by atoms with Crippen molar-refractivity contribution in [2.24, 2.45) is 0 Å². The Hall–Kier alpha value is -2.62. The molecule has 3 heterocycles. The number of nitrogens with zero attached hydrogens (tertiary/aromatic N) is 3. The predicted octanol–water partition coefficient (Wildman–Crippen LogP) is 6.75. The van der Waals surface area contributed by atoms with Crippen molar-refractivity contribution in [3.8, 4) is 0 Å². The van der Waals surface area contributed by atoms with Gasteiger partial charge in [-0.3, -0.25) is 15.0 Å². The van der Waals surface area contributed by atoms with Crippen molar-refractivity contribution in [2.45, 2.75) is 59.3 Å². The van der Waals surface area contributed by atoms with Gasteiger partial charge in [0.25, 0.3) is 0 Å². The summed E-state index contributed by atoms with van der Waals surface area (Å²) < 4.78 is 12.5. The Morgan fingerprint density at radius 1 is 0.679 bits per heavy atom. The monoisotopic (exact) mass is 381 g/mol. The topological polar surface area (TPSA) is 38.7 Å². The molecule has 28 heavy (non-hydrogen) atoms. The standard InChI is InChI=1S/C8H10FN.2C8H11N/c1-6(2)7-3-8(9)5-10-4-7;1-7(2)8-4-3-5-9-6-8;1-7(2)8-5-3-4-6-9-8/h3-6H,1-2H3;2*3-7H,1-2H3. The van der Waals surface area contributed by atoms with Crippen LogP contribution in [0.4, 0.5) is 4.39 Å². The van der Waals surface area contributed by atoms with Gasteiger partial charge in [0.05, 0.1) is 6.20 Å². The number of pyridine rings is 3. The van der Waals surface area contributed by atoms with Crippen molar-refractivity contribution in [3.05, 3.63) is 90.0 Å². The van der Waals surface area contributed by atoms with Crippen LogP contribution in [0.1, 0.15) is 76.1 Å². The lowest BCUT2D eigenvalue weighted by molar-refractivity contribution is 0.616. The summed E-state index contributed by atoms with van der Waals surface area (Å²) in [4.78, 5) is 11.9. The van der Waals surface area contributed by atoms with Gasteiger partial charge >= 0.3 is 0 Å². The van der Waals surface area contributed by atoms with Crippen LogP contribution in [0.5, 0.6) is 0 Å². The number of halogens is 1. The first-order valence-electron chi connectivity index (χ1n) is 9.72. The summed E-state index contributed by atoms with van der Waals surface area (Å²) in [5.41, 5.74) is 3.41. The summed E-state index contributed by atoms with van der Waals surface area (Å²) >= 11 is 0. The highest BCUT2D eigenvalue weighted by Crippen LogP contribution is 2.12.